The Labute approximate surface area is 185 Å². The second-order valence-electron chi connectivity index (χ2n) is 8.74. The molecule has 1 aromatic heterocycles. The summed E-state index contributed by atoms with van der Waals surface area (Å²) in [4.78, 5) is 25.6. The van der Waals surface area contributed by atoms with Crippen LogP contribution in [0.1, 0.15) is 57.7 Å². The van der Waals surface area contributed by atoms with Crippen molar-refractivity contribution in [2.45, 2.75) is 37.8 Å². The Hall–Kier alpha value is -3.45. The van der Waals surface area contributed by atoms with Crippen LogP contribution < -0.4 is 5.43 Å². The van der Waals surface area contributed by atoms with Crippen molar-refractivity contribution in [3.63, 3.8) is 0 Å². The second kappa shape index (κ2) is 7.31. The lowest BCUT2D eigenvalue weighted by molar-refractivity contribution is -0.104. The molecule has 2 aliphatic heterocycles. The Morgan fingerprint density at radius 1 is 0.875 bits per heavy atom. The molecule has 7 heteroatoms. The SMILES string of the molecule is O=C1c2c(O)c(=O)cnn2[C@@H](C2c3ccccc3CCc3ccccc32)N2CCCCN12. The number of hydrogen-bond donors (Lipinski definition) is 1. The molecule has 0 unspecified atom stereocenters. The van der Waals surface area contributed by atoms with Crippen molar-refractivity contribution in [1.29, 1.82) is 0 Å². The van der Waals surface area contributed by atoms with Crippen molar-refractivity contribution >= 4 is 5.91 Å². The summed E-state index contributed by atoms with van der Waals surface area (Å²) in [6.45, 7) is 1.28. The first-order chi connectivity index (χ1) is 15.6. The van der Waals surface area contributed by atoms with E-state index in [0.717, 1.165) is 31.9 Å². The van der Waals surface area contributed by atoms with E-state index < -0.39 is 11.2 Å². The Bertz CT molecular complexity index is 1240. The summed E-state index contributed by atoms with van der Waals surface area (Å²) < 4.78 is 1.59. The zero-order valence-electron chi connectivity index (χ0n) is 17.6. The fourth-order valence-corrected chi connectivity index (χ4v) is 5.59. The quantitative estimate of drug-likeness (QED) is 0.645. The fourth-order valence-electron chi connectivity index (χ4n) is 5.59. The van der Waals surface area contributed by atoms with E-state index in [4.69, 9.17) is 0 Å². The van der Waals surface area contributed by atoms with Crippen molar-refractivity contribution in [1.82, 2.24) is 19.8 Å². The third kappa shape index (κ3) is 2.74. The molecule has 3 aromatic rings. The van der Waals surface area contributed by atoms with Crippen LogP contribution in [-0.2, 0) is 12.8 Å². The smallest absolute Gasteiger partial charge is 0.290 e. The van der Waals surface area contributed by atoms with E-state index in [0.29, 0.717) is 13.1 Å². The first-order valence-corrected chi connectivity index (χ1v) is 11.2. The Morgan fingerprint density at radius 2 is 1.50 bits per heavy atom. The number of carbonyl (C=O) groups is 1. The van der Waals surface area contributed by atoms with Gasteiger partial charge in [-0.1, -0.05) is 48.5 Å². The monoisotopic (exact) mass is 428 g/mol. The summed E-state index contributed by atoms with van der Waals surface area (Å²) in [6.07, 6.45) is 4.49. The predicted octanol–water partition coefficient (Wildman–Crippen LogP) is 2.84. The van der Waals surface area contributed by atoms with Gasteiger partial charge < -0.3 is 5.11 Å². The van der Waals surface area contributed by atoms with Crippen LogP contribution in [-0.4, -0.2) is 43.9 Å². The second-order valence-corrected chi connectivity index (χ2v) is 8.74. The summed E-state index contributed by atoms with van der Waals surface area (Å²) in [7, 11) is 0. The van der Waals surface area contributed by atoms with Crippen LogP contribution in [0.2, 0.25) is 0 Å². The van der Waals surface area contributed by atoms with E-state index in [9.17, 15) is 14.7 Å². The highest BCUT2D eigenvalue weighted by Crippen LogP contribution is 2.46. The van der Waals surface area contributed by atoms with E-state index in [1.807, 2.05) is 0 Å². The molecular formula is C25H24N4O3. The molecule has 3 heterocycles. The van der Waals surface area contributed by atoms with Crippen molar-refractivity contribution in [3.05, 3.63) is 92.9 Å². The molecule has 1 aliphatic carbocycles. The minimum atomic E-state index is -0.629. The largest absolute Gasteiger partial charge is 0.502 e. The minimum absolute atomic E-state index is 0.0140. The van der Waals surface area contributed by atoms with Gasteiger partial charge in [-0.25, -0.2) is 4.68 Å². The number of aromatic nitrogens is 2. The molecule has 1 saturated heterocycles. The molecule has 1 amide bonds. The molecule has 0 radical (unpaired) electrons. The van der Waals surface area contributed by atoms with E-state index >= 15 is 0 Å². The minimum Gasteiger partial charge on any atom is -0.502 e. The maximum Gasteiger partial charge on any atom is 0.290 e. The highest BCUT2D eigenvalue weighted by molar-refractivity contribution is 5.95. The predicted molar refractivity (Wildman–Crippen MR) is 118 cm³/mol. The van der Waals surface area contributed by atoms with E-state index in [1.54, 1.807) is 9.69 Å². The molecule has 2 aromatic carbocycles. The molecule has 7 nitrogen and oxygen atoms in total. The number of benzene rings is 2. The number of hydrogen-bond acceptors (Lipinski definition) is 5. The number of aryl methyl sites for hydroxylation is 2. The number of nitrogens with zero attached hydrogens (tertiary/aromatic N) is 4. The van der Waals surface area contributed by atoms with Gasteiger partial charge in [-0.15, -0.1) is 0 Å². The van der Waals surface area contributed by atoms with Gasteiger partial charge in [0.15, 0.2) is 11.4 Å². The molecule has 1 N–H and O–H groups in total. The van der Waals surface area contributed by atoms with Gasteiger partial charge in [-0.3, -0.25) is 14.6 Å². The number of aromatic hydroxyl groups is 1. The highest BCUT2D eigenvalue weighted by atomic mass is 16.3. The highest BCUT2D eigenvalue weighted by Gasteiger charge is 2.46. The van der Waals surface area contributed by atoms with Crippen molar-refractivity contribution in [3.8, 4) is 5.75 Å². The van der Waals surface area contributed by atoms with Crippen molar-refractivity contribution in [2.24, 2.45) is 0 Å². The summed E-state index contributed by atoms with van der Waals surface area (Å²) in [5.74, 6) is -0.985. The molecule has 1 atom stereocenters. The summed E-state index contributed by atoms with van der Waals surface area (Å²) in [5, 5.41) is 18.8. The lowest BCUT2D eigenvalue weighted by Gasteiger charge is -2.50. The van der Waals surface area contributed by atoms with Gasteiger partial charge in [-0.05, 0) is 47.9 Å². The van der Waals surface area contributed by atoms with Gasteiger partial charge in [0.2, 0.25) is 5.43 Å². The maximum absolute atomic E-state index is 13.3. The van der Waals surface area contributed by atoms with Crippen molar-refractivity contribution < 1.29 is 9.90 Å². The van der Waals surface area contributed by atoms with E-state index in [-0.39, 0.29) is 23.7 Å². The number of carbonyl (C=O) groups excluding carboxylic acids is 1. The molecule has 6 rings (SSSR count). The molecule has 1 fully saturated rings. The maximum atomic E-state index is 13.3. The lowest BCUT2D eigenvalue weighted by Crippen LogP contribution is -2.59. The first-order valence-electron chi connectivity index (χ1n) is 11.2. The Balaban J connectivity index is 1.66. The zero-order valence-corrected chi connectivity index (χ0v) is 17.6. The molecule has 162 valence electrons. The van der Waals surface area contributed by atoms with Gasteiger partial charge in [0.05, 0.1) is 6.20 Å². The Kier molecular flexibility index (Phi) is 4.40. The third-order valence-electron chi connectivity index (χ3n) is 7.04. The molecule has 32 heavy (non-hydrogen) atoms. The fraction of sp³-hybridized carbons (Fsp3) is 0.320. The van der Waals surface area contributed by atoms with Gasteiger partial charge >= 0.3 is 0 Å². The van der Waals surface area contributed by atoms with Crippen LogP contribution >= 0.6 is 0 Å². The van der Waals surface area contributed by atoms with Crippen molar-refractivity contribution in [2.75, 3.05) is 13.1 Å². The summed E-state index contributed by atoms with van der Waals surface area (Å²) in [5.41, 5.74) is 4.32. The molecule has 3 aliphatic rings. The average molecular weight is 428 g/mol. The zero-order chi connectivity index (χ0) is 21.8. The Morgan fingerprint density at radius 3 is 2.19 bits per heavy atom. The molecule has 0 spiro atoms. The van der Waals surface area contributed by atoms with Crippen LogP contribution in [0.3, 0.4) is 0 Å². The van der Waals surface area contributed by atoms with Crippen LogP contribution in [0.4, 0.5) is 0 Å². The molecule has 0 bridgehead atoms. The van der Waals surface area contributed by atoms with Crippen LogP contribution in [0.5, 0.6) is 5.75 Å². The normalized spacial score (nSPS) is 20.7. The number of amides is 1. The lowest BCUT2D eigenvalue weighted by atomic mass is 9.84. The topological polar surface area (TPSA) is 78.7 Å². The van der Waals surface area contributed by atoms with Gasteiger partial charge in [-0.2, -0.15) is 10.1 Å². The van der Waals surface area contributed by atoms with Crippen LogP contribution in [0.15, 0.2) is 59.5 Å². The first kappa shape index (κ1) is 19.3. The average Bonchev–Trinajstić information content (AvgIpc) is 2.99. The van der Waals surface area contributed by atoms with Gasteiger partial charge in [0.25, 0.3) is 5.91 Å². The summed E-state index contributed by atoms with van der Waals surface area (Å²) in [6, 6.07) is 16.9. The standard InChI is InChI=1S/C25H24N4O3/c30-20-15-26-29-22(23(20)31)25(32)28-14-6-5-13-27(28)24(29)21-18-9-3-1-7-16(18)11-12-17-8-2-4-10-19(17)21/h1-4,7-10,15,21,24,31H,5-6,11-14H2/t24-/m0/s1. The van der Waals surface area contributed by atoms with Crippen LogP contribution in [0.25, 0.3) is 0 Å². The van der Waals surface area contributed by atoms with Crippen LogP contribution in [0, 0.1) is 0 Å². The summed E-state index contributed by atoms with van der Waals surface area (Å²) >= 11 is 0. The van der Waals surface area contributed by atoms with E-state index in [2.05, 4.69) is 58.6 Å². The van der Waals surface area contributed by atoms with Gasteiger partial charge in [0, 0.05) is 19.0 Å². The van der Waals surface area contributed by atoms with E-state index in [1.165, 1.54) is 22.3 Å². The van der Waals surface area contributed by atoms with Gasteiger partial charge in [0.1, 0.15) is 6.17 Å². The number of fused-ring (bicyclic) bond motifs is 4. The number of rotatable bonds is 1. The molecular weight excluding hydrogens is 404 g/mol. The molecule has 0 saturated carbocycles. The third-order valence-corrected chi connectivity index (χ3v) is 7.04. The number of hydrazine groups is 1.